The maximum atomic E-state index is 12.4. The van der Waals surface area contributed by atoms with E-state index in [0.717, 1.165) is 11.1 Å². The van der Waals surface area contributed by atoms with E-state index in [1.807, 2.05) is 0 Å². The Morgan fingerprint density at radius 1 is 1.26 bits per heavy atom. The number of carbonyl (C=O) groups excluding carboxylic acids is 1. The maximum absolute atomic E-state index is 12.4. The van der Waals surface area contributed by atoms with Crippen molar-refractivity contribution in [1.29, 1.82) is 0 Å². The van der Waals surface area contributed by atoms with Gasteiger partial charge in [0, 0.05) is 0 Å². The van der Waals surface area contributed by atoms with Crippen LogP contribution in [0.4, 0.5) is 13.2 Å². The highest BCUT2D eigenvalue weighted by molar-refractivity contribution is 7.87. The van der Waals surface area contributed by atoms with E-state index in [0.29, 0.717) is 0 Å². The Bertz CT molecular complexity index is 640. The highest BCUT2D eigenvalue weighted by atomic mass is 32.2. The predicted octanol–water partition coefficient (Wildman–Crippen LogP) is 2.73. The smallest absolute Gasteiger partial charge is 0.464 e. The van der Waals surface area contributed by atoms with Gasteiger partial charge in [-0.1, -0.05) is 24.3 Å². The maximum Gasteiger partial charge on any atom is 0.523 e. The van der Waals surface area contributed by atoms with E-state index in [9.17, 15) is 26.4 Å². The van der Waals surface area contributed by atoms with Gasteiger partial charge < -0.3 is 4.74 Å². The molecule has 9 heteroatoms. The van der Waals surface area contributed by atoms with E-state index in [4.69, 9.17) is 0 Å². The lowest BCUT2D eigenvalue weighted by Gasteiger charge is -2.17. The number of carbonyl (C=O) groups is 1. The minimum Gasteiger partial charge on any atom is -0.464 e. The van der Waals surface area contributed by atoms with Gasteiger partial charge in [0.15, 0.2) is 6.10 Å². The van der Waals surface area contributed by atoms with E-state index in [1.165, 1.54) is 6.92 Å². The lowest BCUT2D eigenvalue weighted by molar-refractivity contribution is -0.152. The minimum absolute atomic E-state index is 0.102. The van der Waals surface area contributed by atoms with Crippen molar-refractivity contribution in [3.05, 3.63) is 35.4 Å². The minimum atomic E-state index is -5.88. The van der Waals surface area contributed by atoms with E-state index in [-0.39, 0.29) is 19.4 Å². The van der Waals surface area contributed by atoms with Crippen LogP contribution >= 0.6 is 0 Å². The van der Waals surface area contributed by atoms with Gasteiger partial charge in [-0.3, -0.25) is 0 Å². The molecule has 0 aliphatic carbocycles. The number of halogens is 3. The molecule has 0 spiro atoms. The van der Waals surface area contributed by atoms with Crippen LogP contribution in [0.15, 0.2) is 24.3 Å². The van der Waals surface area contributed by atoms with Gasteiger partial charge in [0.25, 0.3) is 0 Å². The number of hydrogen-bond acceptors (Lipinski definition) is 5. The molecule has 5 nitrogen and oxygen atoms in total. The van der Waals surface area contributed by atoms with Crippen LogP contribution in [0.25, 0.3) is 0 Å². The summed E-state index contributed by atoms with van der Waals surface area (Å²) in [7, 11) is -5.88. The summed E-state index contributed by atoms with van der Waals surface area (Å²) in [6.07, 6.45) is -1.93. The van der Waals surface area contributed by atoms with Gasteiger partial charge in [-0.15, -0.1) is 0 Å². The molecule has 0 radical (unpaired) electrons. The van der Waals surface area contributed by atoms with Crippen LogP contribution in [0.2, 0.25) is 0 Å². The lowest BCUT2D eigenvalue weighted by atomic mass is 10.0. The van der Waals surface area contributed by atoms with Gasteiger partial charge in [0.2, 0.25) is 0 Å². The highest BCUT2D eigenvalue weighted by Gasteiger charge is 2.49. The molecule has 1 atom stereocenters. The van der Waals surface area contributed by atoms with Gasteiger partial charge in [0.1, 0.15) is 0 Å². The summed E-state index contributed by atoms with van der Waals surface area (Å²) in [6, 6.07) is 7.04. The van der Waals surface area contributed by atoms with Gasteiger partial charge >= 0.3 is 21.6 Å². The molecule has 0 N–H and O–H groups in total. The fourth-order valence-electron chi connectivity index (χ4n) is 1.83. The molecule has 0 aromatic heterocycles. The van der Waals surface area contributed by atoms with Crippen molar-refractivity contribution >= 4 is 16.1 Å². The Labute approximate surface area is 132 Å². The Kier molecular flexibility index (Phi) is 6.57. The van der Waals surface area contributed by atoms with Gasteiger partial charge in [-0.2, -0.15) is 21.6 Å². The lowest BCUT2D eigenvalue weighted by Crippen LogP contribution is -2.35. The SMILES string of the molecule is CCOC(=O)[C@@H](CCc1ccccc1C)OS(=O)(=O)C(F)(F)F. The van der Waals surface area contributed by atoms with Crippen molar-refractivity contribution in [2.24, 2.45) is 0 Å². The first-order valence-electron chi connectivity index (χ1n) is 6.79. The van der Waals surface area contributed by atoms with E-state index >= 15 is 0 Å². The summed E-state index contributed by atoms with van der Waals surface area (Å²) in [6.45, 7) is 3.14. The van der Waals surface area contributed by atoms with Gasteiger partial charge in [0.05, 0.1) is 6.61 Å². The van der Waals surface area contributed by atoms with Crippen molar-refractivity contribution in [3.63, 3.8) is 0 Å². The second kappa shape index (κ2) is 7.78. The third kappa shape index (κ3) is 5.51. The Balaban J connectivity index is 2.90. The molecule has 130 valence electrons. The fourth-order valence-corrected chi connectivity index (χ4v) is 2.41. The summed E-state index contributed by atoms with van der Waals surface area (Å²) in [5.41, 5.74) is -3.95. The van der Waals surface area contributed by atoms with E-state index in [2.05, 4.69) is 8.92 Å². The molecule has 0 bridgehead atoms. The third-order valence-electron chi connectivity index (χ3n) is 3.01. The van der Waals surface area contributed by atoms with E-state index in [1.54, 1.807) is 31.2 Å². The van der Waals surface area contributed by atoms with Crippen LogP contribution in [0, 0.1) is 6.92 Å². The second-order valence-corrected chi connectivity index (χ2v) is 6.27. The van der Waals surface area contributed by atoms with Crippen LogP contribution in [-0.2, 0) is 30.3 Å². The zero-order valence-corrected chi connectivity index (χ0v) is 13.4. The summed E-state index contributed by atoms with van der Waals surface area (Å²) >= 11 is 0. The number of rotatable bonds is 7. The summed E-state index contributed by atoms with van der Waals surface area (Å²) < 4.78 is 68.0. The van der Waals surface area contributed by atoms with Crippen molar-refractivity contribution in [2.75, 3.05) is 6.61 Å². The van der Waals surface area contributed by atoms with E-state index < -0.39 is 27.7 Å². The van der Waals surface area contributed by atoms with Crippen LogP contribution in [0.1, 0.15) is 24.5 Å². The molecule has 0 saturated carbocycles. The number of benzene rings is 1. The third-order valence-corrected chi connectivity index (χ3v) is 4.07. The number of ether oxygens (including phenoxy) is 1. The molecule has 0 aliphatic heterocycles. The Morgan fingerprint density at radius 2 is 1.87 bits per heavy atom. The molecule has 0 aliphatic rings. The molecule has 0 amide bonds. The van der Waals surface area contributed by atoms with Crippen LogP contribution in [0.3, 0.4) is 0 Å². The number of alkyl halides is 3. The zero-order valence-electron chi connectivity index (χ0n) is 12.6. The van der Waals surface area contributed by atoms with Crippen molar-refractivity contribution < 1.29 is 35.3 Å². The molecule has 23 heavy (non-hydrogen) atoms. The van der Waals surface area contributed by atoms with Crippen molar-refractivity contribution in [1.82, 2.24) is 0 Å². The predicted molar refractivity (Wildman–Crippen MR) is 76.0 cm³/mol. The standard InChI is InChI=1S/C14H17F3O5S/c1-3-21-13(18)12(22-23(19,20)14(15,16)17)9-8-11-7-5-4-6-10(11)2/h4-7,12H,3,8-9H2,1-2H3/t12-/m1/s1. The van der Waals surface area contributed by atoms with Crippen molar-refractivity contribution in [3.8, 4) is 0 Å². The quantitative estimate of drug-likeness (QED) is 0.428. The van der Waals surface area contributed by atoms with Gasteiger partial charge in [-0.25, -0.2) is 8.98 Å². The molecular formula is C14H17F3O5S. The fraction of sp³-hybridized carbons (Fsp3) is 0.500. The number of hydrogen-bond donors (Lipinski definition) is 0. The van der Waals surface area contributed by atoms with Crippen molar-refractivity contribution in [2.45, 2.75) is 38.3 Å². The molecule has 1 aromatic rings. The Hall–Kier alpha value is -1.61. The topological polar surface area (TPSA) is 69.7 Å². The van der Waals surface area contributed by atoms with Crippen LogP contribution in [0.5, 0.6) is 0 Å². The molecule has 0 unspecified atom stereocenters. The van der Waals surface area contributed by atoms with Gasteiger partial charge in [-0.05, 0) is 37.8 Å². The van der Waals surface area contributed by atoms with Crippen LogP contribution in [-0.4, -0.2) is 32.6 Å². The van der Waals surface area contributed by atoms with Crippen LogP contribution < -0.4 is 0 Å². The summed E-state index contributed by atoms with van der Waals surface area (Å²) in [4.78, 5) is 11.7. The normalized spacial score (nSPS) is 13.6. The largest absolute Gasteiger partial charge is 0.523 e. The molecule has 0 saturated heterocycles. The zero-order chi connectivity index (χ0) is 17.7. The average molecular weight is 354 g/mol. The molecule has 0 heterocycles. The number of aryl methyl sites for hydroxylation is 2. The monoisotopic (exact) mass is 354 g/mol. The average Bonchev–Trinajstić information content (AvgIpc) is 2.43. The number of esters is 1. The Morgan fingerprint density at radius 3 is 2.39 bits per heavy atom. The molecular weight excluding hydrogens is 337 g/mol. The summed E-state index contributed by atoms with van der Waals surface area (Å²) in [5.74, 6) is -1.14. The summed E-state index contributed by atoms with van der Waals surface area (Å²) in [5, 5.41) is 0. The second-order valence-electron chi connectivity index (χ2n) is 4.70. The first-order valence-corrected chi connectivity index (χ1v) is 8.20. The molecule has 0 fully saturated rings. The first kappa shape index (κ1) is 19.4. The molecule has 1 rings (SSSR count). The highest BCUT2D eigenvalue weighted by Crippen LogP contribution is 2.27. The first-order chi connectivity index (χ1) is 10.6. The molecule has 1 aromatic carbocycles.